The van der Waals surface area contributed by atoms with Gasteiger partial charge >= 0.3 is 0 Å². The van der Waals surface area contributed by atoms with E-state index in [9.17, 15) is 4.79 Å². The maximum absolute atomic E-state index is 12.4. The zero-order chi connectivity index (χ0) is 18.4. The van der Waals surface area contributed by atoms with Crippen LogP contribution in [-0.2, 0) is 11.2 Å². The zero-order valence-electron chi connectivity index (χ0n) is 15.5. The van der Waals surface area contributed by atoms with Gasteiger partial charge in [0.2, 0.25) is 5.91 Å². The number of methoxy groups -OCH3 is 1. The van der Waals surface area contributed by atoms with E-state index in [0.717, 1.165) is 37.5 Å². The summed E-state index contributed by atoms with van der Waals surface area (Å²) in [7, 11) is 3.80. The van der Waals surface area contributed by atoms with E-state index in [1.807, 2.05) is 24.3 Å². The van der Waals surface area contributed by atoms with E-state index in [2.05, 4.69) is 39.0 Å². The van der Waals surface area contributed by atoms with E-state index in [-0.39, 0.29) is 11.9 Å². The average Bonchev–Trinajstić information content (AvgIpc) is 3.18. The normalized spacial score (nSPS) is 17.0. The molecule has 1 N–H and O–H groups in total. The summed E-state index contributed by atoms with van der Waals surface area (Å²) in [6.45, 7) is 4.85. The summed E-state index contributed by atoms with van der Waals surface area (Å²) in [5, 5.41) is 7.44. The van der Waals surface area contributed by atoms with Crippen LogP contribution in [-0.4, -0.2) is 62.6 Å². The Morgan fingerprint density at radius 1 is 1.19 bits per heavy atom. The molecule has 1 amide bonds. The fourth-order valence-electron chi connectivity index (χ4n) is 3.26. The van der Waals surface area contributed by atoms with Crippen molar-refractivity contribution in [2.75, 3.05) is 46.9 Å². The maximum atomic E-state index is 12.4. The van der Waals surface area contributed by atoms with Crippen LogP contribution in [0.25, 0.3) is 0 Å². The molecule has 1 aliphatic rings. The maximum Gasteiger partial charge on any atom is 0.224 e. The van der Waals surface area contributed by atoms with Crippen molar-refractivity contribution in [2.45, 2.75) is 12.5 Å². The molecular formula is C20H27N3O2S. The van der Waals surface area contributed by atoms with Gasteiger partial charge in [-0.2, -0.15) is 11.3 Å². The SMILES string of the molecule is COc1ccc(CC(=O)NC[C@H](c2ccsc2)N2CCN(C)CC2)cc1. The van der Waals surface area contributed by atoms with Gasteiger partial charge in [-0.05, 0) is 47.1 Å². The van der Waals surface area contributed by atoms with Gasteiger partial charge in [0.1, 0.15) is 5.75 Å². The number of carbonyl (C=O) groups is 1. The Bertz CT molecular complexity index is 680. The van der Waals surface area contributed by atoms with E-state index in [0.29, 0.717) is 13.0 Å². The second-order valence-corrected chi connectivity index (χ2v) is 7.52. The predicted octanol–water partition coefficient (Wildman–Crippen LogP) is 2.40. The van der Waals surface area contributed by atoms with Gasteiger partial charge in [-0.15, -0.1) is 0 Å². The molecule has 1 aromatic carbocycles. The van der Waals surface area contributed by atoms with Gasteiger partial charge in [-0.1, -0.05) is 12.1 Å². The van der Waals surface area contributed by atoms with Gasteiger partial charge in [-0.3, -0.25) is 9.69 Å². The molecule has 1 aliphatic heterocycles. The number of hydrogen-bond donors (Lipinski definition) is 1. The van der Waals surface area contributed by atoms with Gasteiger partial charge in [0.05, 0.1) is 19.6 Å². The lowest BCUT2D eigenvalue weighted by Gasteiger charge is -2.38. The highest BCUT2D eigenvalue weighted by Gasteiger charge is 2.24. The first-order valence-corrected chi connectivity index (χ1v) is 9.94. The number of benzene rings is 1. The molecule has 0 aliphatic carbocycles. The first-order chi connectivity index (χ1) is 12.7. The Morgan fingerprint density at radius 3 is 2.54 bits per heavy atom. The summed E-state index contributed by atoms with van der Waals surface area (Å²) >= 11 is 1.71. The van der Waals surface area contributed by atoms with Crippen LogP contribution < -0.4 is 10.1 Å². The van der Waals surface area contributed by atoms with Crippen molar-refractivity contribution in [1.82, 2.24) is 15.1 Å². The van der Waals surface area contributed by atoms with E-state index in [1.165, 1.54) is 5.56 Å². The molecule has 0 saturated carbocycles. The zero-order valence-corrected chi connectivity index (χ0v) is 16.3. The number of nitrogens with one attached hydrogen (secondary N) is 1. The molecule has 2 aromatic rings. The molecule has 1 aromatic heterocycles. The van der Waals surface area contributed by atoms with Crippen LogP contribution in [0.3, 0.4) is 0 Å². The standard InChI is InChI=1S/C20H27N3O2S/c1-22-8-10-23(11-9-22)19(17-7-12-26-15-17)14-21-20(24)13-16-3-5-18(25-2)6-4-16/h3-7,12,15,19H,8-11,13-14H2,1-2H3,(H,21,24)/t19-/m1/s1. The van der Waals surface area contributed by atoms with E-state index >= 15 is 0 Å². The Balaban J connectivity index is 1.57. The first kappa shape index (κ1) is 18.9. The first-order valence-electron chi connectivity index (χ1n) is 9.00. The fourth-order valence-corrected chi connectivity index (χ4v) is 3.96. The smallest absolute Gasteiger partial charge is 0.224 e. The molecule has 26 heavy (non-hydrogen) atoms. The number of hydrogen-bond acceptors (Lipinski definition) is 5. The lowest BCUT2D eigenvalue weighted by atomic mass is 10.1. The molecule has 140 valence electrons. The van der Waals surface area contributed by atoms with Crippen molar-refractivity contribution in [1.29, 1.82) is 0 Å². The minimum absolute atomic E-state index is 0.0597. The van der Waals surface area contributed by atoms with Gasteiger partial charge < -0.3 is 15.0 Å². The summed E-state index contributed by atoms with van der Waals surface area (Å²) in [5.74, 6) is 0.867. The quantitative estimate of drug-likeness (QED) is 0.810. The third-order valence-electron chi connectivity index (χ3n) is 4.92. The molecule has 6 heteroatoms. The Hall–Kier alpha value is -1.89. The number of likely N-dealkylation sites (N-methyl/N-ethyl adjacent to an activating group) is 1. The summed E-state index contributed by atoms with van der Waals surface area (Å²) in [4.78, 5) is 17.2. The van der Waals surface area contributed by atoms with Crippen LogP contribution in [0.4, 0.5) is 0 Å². The Morgan fingerprint density at radius 2 is 1.92 bits per heavy atom. The number of carbonyl (C=O) groups excluding carboxylic acids is 1. The van der Waals surface area contributed by atoms with Crippen molar-refractivity contribution < 1.29 is 9.53 Å². The molecule has 2 heterocycles. The van der Waals surface area contributed by atoms with Gasteiger partial charge in [0.15, 0.2) is 0 Å². The topological polar surface area (TPSA) is 44.8 Å². The van der Waals surface area contributed by atoms with E-state index < -0.39 is 0 Å². The monoisotopic (exact) mass is 373 g/mol. The van der Waals surface area contributed by atoms with Crippen LogP contribution in [0, 0.1) is 0 Å². The highest BCUT2D eigenvalue weighted by atomic mass is 32.1. The van der Waals surface area contributed by atoms with Crippen molar-refractivity contribution in [3.05, 3.63) is 52.2 Å². The van der Waals surface area contributed by atoms with Gasteiger partial charge in [0.25, 0.3) is 0 Å². The van der Waals surface area contributed by atoms with Gasteiger partial charge in [0, 0.05) is 32.7 Å². The number of piperazine rings is 1. The molecule has 3 rings (SSSR count). The number of amides is 1. The molecule has 1 fully saturated rings. The van der Waals surface area contributed by atoms with Gasteiger partial charge in [-0.25, -0.2) is 0 Å². The van der Waals surface area contributed by atoms with Crippen LogP contribution in [0.1, 0.15) is 17.2 Å². The molecule has 1 saturated heterocycles. The molecule has 0 bridgehead atoms. The van der Waals surface area contributed by atoms with Crippen molar-refractivity contribution >= 4 is 17.2 Å². The summed E-state index contributed by atoms with van der Waals surface area (Å²) in [6, 6.07) is 10.1. The Kier molecular flexibility index (Phi) is 6.66. The third kappa shape index (κ3) is 5.06. The third-order valence-corrected chi connectivity index (χ3v) is 5.62. The van der Waals surface area contributed by atoms with Crippen LogP contribution in [0.5, 0.6) is 5.75 Å². The second-order valence-electron chi connectivity index (χ2n) is 6.74. The molecule has 1 atom stereocenters. The highest BCUT2D eigenvalue weighted by molar-refractivity contribution is 7.07. The summed E-state index contributed by atoms with van der Waals surface area (Å²) in [6.07, 6.45) is 0.392. The lowest BCUT2D eigenvalue weighted by Crippen LogP contribution is -2.48. The predicted molar refractivity (Wildman–Crippen MR) is 106 cm³/mol. The van der Waals surface area contributed by atoms with E-state index in [1.54, 1.807) is 18.4 Å². The second kappa shape index (κ2) is 9.16. The molecule has 0 spiro atoms. The minimum atomic E-state index is 0.0597. The number of nitrogens with zero attached hydrogens (tertiary/aromatic N) is 2. The number of thiophene rings is 1. The average molecular weight is 374 g/mol. The number of ether oxygens (including phenoxy) is 1. The molecule has 0 unspecified atom stereocenters. The summed E-state index contributed by atoms with van der Waals surface area (Å²) in [5.41, 5.74) is 2.29. The van der Waals surface area contributed by atoms with Crippen LogP contribution in [0.15, 0.2) is 41.1 Å². The number of rotatable bonds is 7. The lowest BCUT2D eigenvalue weighted by molar-refractivity contribution is -0.120. The van der Waals surface area contributed by atoms with Crippen molar-refractivity contribution in [3.63, 3.8) is 0 Å². The minimum Gasteiger partial charge on any atom is -0.497 e. The van der Waals surface area contributed by atoms with Crippen molar-refractivity contribution in [3.8, 4) is 5.75 Å². The fraction of sp³-hybridized carbons (Fsp3) is 0.450. The van der Waals surface area contributed by atoms with Crippen molar-refractivity contribution in [2.24, 2.45) is 0 Å². The summed E-state index contributed by atoms with van der Waals surface area (Å²) < 4.78 is 5.16. The molecular weight excluding hydrogens is 346 g/mol. The molecule has 0 radical (unpaired) electrons. The van der Waals surface area contributed by atoms with E-state index in [4.69, 9.17) is 4.74 Å². The molecule has 5 nitrogen and oxygen atoms in total. The van der Waals surface area contributed by atoms with Crippen LogP contribution in [0.2, 0.25) is 0 Å². The van der Waals surface area contributed by atoms with Crippen LogP contribution >= 0.6 is 11.3 Å². The highest BCUT2D eigenvalue weighted by Crippen LogP contribution is 2.23. The Labute approximate surface area is 159 Å². The largest absolute Gasteiger partial charge is 0.497 e.